The number of benzene rings is 2. The van der Waals surface area contributed by atoms with E-state index in [1.165, 1.54) is 11.1 Å². The molecule has 28 heavy (non-hydrogen) atoms. The number of unbranched alkanes of at least 4 members (excludes halogenated alkanes) is 2. The zero-order valence-electron chi connectivity index (χ0n) is 17.3. The van der Waals surface area contributed by atoms with Crippen LogP contribution in [0, 0.1) is 6.92 Å². The molecule has 0 spiro atoms. The number of aliphatic hydroxyl groups is 1. The Morgan fingerprint density at radius 1 is 0.857 bits per heavy atom. The molecule has 0 aliphatic carbocycles. The van der Waals surface area contributed by atoms with Gasteiger partial charge in [0.05, 0.1) is 25.5 Å². The lowest BCUT2D eigenvalue weighted by atomic mass is 9.99. The van der Waals surface area contributed by atoms with Gasteiger partial charge in [0, 0.05) is 0 Å². The smallest absolute Gasteiger partial charge is 0.330 e. The van der Waals surface area contributed by atoms with Gasteiger partial charge in [-0.25, -0.2) is 0 Å². The third kappa shape index (κ3) is 7.18. The normalized spacial score (nSPS) is 12.9. The summed E-state index contributed by atoms with van der Waals surface area (Å²) in [6, 6.07) is 16.6. The lowest BCUT2D eigenvalue weighted by molar-refractivity contribution is 0.163. The van der Waals surface area contributed by atoms with Crippen molar-refractivity contribution in [1.29, 1.82) is 0 Å². The van der Waals surface area contributed by atoms with Crippen LogP contribution in [0.15, 0.2) is 48.5 Å². The molecule has 2 rings (SSSR count). The standard InChI is InChI=1S/C23H33O4P/c1-4-26-28(25,27-5-2)18-8-6-7-9-23(24)22-16-14-21(15-17-22)20-12-10-19(3)11-13-20/h10-17,23-24H,4-9,18H2,1-3H3. The summed E-state index contributed by atoms with van der Waals surface area (Å²) < 4.78 is 23.0. The second-order valence-electron chi connectivity index (χ2n) is 7.02. The van der Waals surface area contributed by atoms with Crippen LogP contribution in [0.1, 0.15) is 56.8 Å². The van der Waals surface area contributed by atoms with Crippen molar-refractivity contribution < 1.29 is 18.7 Å². The largest absolute Gasteiger partial charge is 0.388 e. The van der Waals surface area contributed by atoms with Crippen LogP contribution in [-0.4, -0.2) is 24.5 Å². The Hall–Kier alpha value is -1.45. The minimum absolute atomic E-state index is 0.397. The van der Waals surface area contributed by atoms with Crippen LogP contribution in [0.4, 0.5) is 0 Å². The molecule has 1 N–H and O–H groups in total. The van der Waals surface area contributed by atoms with E-state index in [-0.39, 0.29) is 0 Å². The Labute approximate surface area is 169 Å². The van der Waals surface area contributed by atoms with Crippen molar-refractivity contribution in [2.75, 3.05) is 19.4 Å². The molecule has 2 aromatic carbocycles. The van der Waals surface area contributed by atoms with Crippen LogP contribution in [0.25, 0.3) is 11.1 Å². The number of aryl methyl sites for hydroxylation is 1. The molecule has 0 aliphatic heterocycles. The number of hydrogen-bond acceptors (Lipinski definition) is 4. The molecule has 154 valence electrons. The highest BCUT2D eigenvalue weighted by Gasteiger charge is 2.22. The number of hydrogen-bond donors (Lipinski definition) is 1. The Morgan fingerprint density at radius 2 is 1.39 bits per heavy atom. The average molecular weight is 404 g/mol. The van der Waals surface area contributed by atoms with E-state index in [1.54, 1.807) is 0 Å². The summed E-state index contributed by atoms with van der Waals surface area (Å²) in [6.45, 7) is 6.52. The molecule has 5 heteroatoms. The Balaban J connectivity index is 1.77. The molecule has 1 atom stereocenters. The minimum atomic E-state index is -2.94. The second kappa shape index (κ2) is 11.5. The maximum atomic E-state index is 12.4. The van der Waals surface area contributed by atoms with E-state index >= 15 is 0 Å². The average Bonchev–Trinajstić information content (AvgIpc) is 2.69. The van der Waals surface area contributed by atoms with Crippen molar-refractivity contribution >= 4 is 7.60 Å². The van der Waals surface area contributed by atoms with Crippen molar-refractivity contribution in [3.05, 3.63) is 59.7 Å². The highest BCUT2D eigenvalue weighted by Crippen LogP contribution is 2.48. The molecule has 0 saturated heterocycles. The topological polar surface area (TPSA) is 55.8 Å². The van der Waals surface area contributed by atoms with E-state index in [0.29, 0.717) is 25.8 Å². The quantitative estimate of drug-likeness (QED) is 0.323. The van der Waals surface area contributed by atoms with Crippen LogP contribution in [0.3, 0.4) is 0 Å². The van der Waals surface area contributed by atoms with E-state index in [1.807, 2.05) is 26.0 Å². The van der Waals surface area contributed by atoms with Gasteiger partial charge in [0.25, 0.3) is 0 Å². The highest BCUT2D eigenvalue weighted by atomic mass is 31.2. The van der Waals surface area contributed by atoms with Crippen LogP contribution in [0.5, 0.6) is 0 Å². The van der Waals surface area contributed by atoms with E-state index in [0.717, 1.165) is 30.4 Å². The first-order chi connectivity index (χ1) is 13.5. The Bertz CT molecular complexity index is 730. The lowest BCUT2D eigenvalue weighted by Gasteiger charge is -2.17. The molecule has 4 nitrogen and oxygen atoms in total. The van der Waals surface area contributed by atoms with Gasteiger partial charge in [-0.05, 0) is 50.3 Å². The zero-order chi connectivity index (χ0) is 20.4. The number of aliphatic hydroxyl groups excluding tert-OH is 1. The predicted molar refractivity (Wildman–Crippen MR) is 116 cm³/mol. The molecule has 2 aromatic rings. The summed E-state index contributed by atoms with van der Waals surface area (Å²) in [5, 5.41) is 10.4. The van der Waals surface area contributed by atoms with Gasteiger partial charge in [-0.3, -0.25) is 4.57 Å². The van der Waals surface area contributed by atoms with E-state index in [2.05, 4.69) is 43.3 Å². The Kier molecular flexibility index (Phi) is 9.40. The third-order valence-corrected chi connectivity index (χ3v) is 6.91. The molecule has 1 unspecified atom stereocenters. The molecule has 0 bridgehead atoms. The summed E-state index contributed by atoms with van der Waals surface area (Å²) in [7, 11) is -2.94. The van der Waals surface area contributed by atoms with Crippen molar-refractivity contribution in [2.45, 2.75) is 52.6 Å². The van der Waals surface area contributed by atoms with Crippen molar-refractivity contribution in [1.82, 2.24) is 0 Å². The predicted octanol–water partition coefficient (Wildman–Crippen LogP) is 6.52. The van der Waals surface area contributed by atoms with E-state index < -0.39 is 13.7 Å². The van der Waals surface area contributed by atoms with Crippen LogP contribution in [0.2, 0.25) is 0 Å². The summed E-state index contributed by atoms with van der Waals surface area (Å²) in [5.74, 6) is 0. The van der Waals surface area contributed by atoms with Gasteiger partial charge in [0.15, 0.2) is 0 Å². The van der Waals surface area contributed by atoms with Crippen LogP contribution >= 0.6 is 7.60 Å². The fourth-order valence-electron chi connectivity index (χ4n) is 3.19. The molecule has 0 aliphatic rings. The maximum absolute atomic E-state index is 12.4. The summed E-state index contributed by atoms with van der Waals surface area (Å²) >= 11 is 0. The van der Waals surface area contributed by atoms with Crippen molar-refractivity contribution in [2.24, 2.45) is 0 Å². The van der Waals surface area contributed by atoms with Gasteiger partial charge < -0.3 is 14.2 Å². The van der Waals surface area contributed by atoms with E-state index in [4.69, 9.17) is 9.05 Å². The fourth-order valence-corrected chi connectivity index (χ4v) is 4.92. The molecule has 0 saturated carbocycles. The summed E-state index contributed by atoms with van der Waals surface area (Å²) in [6.07, 6.45) is 3.20. The van der Waals surface area contributed by atoms with Gasteiger partial charge in [0.2, 0.25) is 0 Å². The summed E-state index contributed by atoms with van der Waals surface area (Å²) in [5.41, 5.74) is 4.51. The fraction of sp³-hybridized carbons (Fsp3) is 0.478. The first-order valence-electron chi connectivity index (χ1n) is 10.2. The molecular formula is C23H33O4P. The first-order valence-corrected chi connectivity index (χ1v) is 11.9. The molecule has 0 radical (unpaired) electrons. The molecular weight excluding hydrogens is 371 g/mol. The first kappa shape index (κ1) is 22.8. The van der Waals surface area contributed by atoms with Gasteiger partial charge in [0.1, 0.15) is 0 Å². The van der Waals surface area contributed by atoms with Gasteiger partial charge >= 0.3 is 7.60 Å². The zero-order valence-corrected chi connectivity index (χ0v) is 18.2. The molecule has 0 fully saturated rings. The van der Waals surface area contributed by atoms with Crippen LogP contribution in [-0.2, 0) is 13.6 Å². The molecule has 0 amide bonds. The maximum Gasteiger partial charge on any atom is 0.330 e. The SMILES string of the molecule is CCOP(=O)(CCCCCC(O)c1ccc(-c2ccc(C)cc2)cc1)OCC. The van der Waals surface area contributed by atoms with Crippen molar-refractivity contribution in [3.63, 3.8) is 0 Å². The monoisotopic (exact) mass is 404 g/mol. The third-order valence-electron chi connectivity index (χ3n) is 4.74. The minimum Gasteiger partial charge on any atom is -0.388 e. The summed E-state index contributed by atoms with van der Waals surface area (Å²) in [4.78, 5) is 0. The van der Waals surface area contributed by atoms with Crippen LogP contribution < -0.4 is 0 Å². The number of rotatable bonds is 12. The van der Waals surface area contributed by atoms with E-state index in [9.17, 15) is 9.67 Å². The van der Waals surface area contributed by atoms with Gasteiger partial charge in [-0.2, -0.15) is 0 Å². The highest BCUT2D eigenvalue weighted by molar-refractivity contribution is 7.53. The van der Waals surface area contributed by atoms with Gasteiger partial charge in [-0.1, -0.05) is 66.9 Å². The Morgan fingerprint density at radius 3 is 1.93 bits per heavy atom. The van der Waals surface area contributed by atoms with Crippen molar-refractivity contribution in [3.8, 4) is 11.1 Å². The lowest BCUT2D eigenvalue weighted by Crippen LogP contribution is -2.01. The van der Waals surface area contributed by atoms with Gasteiger partial charge in [-0.15, -0.1) is 0 Å². The molecule has 0 heterocycles. The second-order valence-corrected chi connectivity index (χ2v) is 9.21. The molecule has 0 aromatic heterocycles.